The van der Waals surface area contributed by atoms with E-state index in [-0.39, 0.29) is 30.9 Å². The molecule has 2 aromatic rings. The zero-order chi connectivity index (χ0) is 22.0. The second kappa shape index (κ2) is 9.16. The molecule has 2 atom stereocenters. The van der Waals surface area contributed by atoms with Crippen LogP contribution in [0.5, 0.6) is 11.5 Å². The highest BCUT2D eigenvalue weighted by Crippen LogP contribution is 2.40. The Labute approximate surface area is 186 Å². The number of carbonyl (C=O) groups is 2. The molecule has 0 bridgehead atoms. The van der Waals surface area contributed by atoms with Crippen molar-refractivity contribution in [1.82, 2.24) is 4.90 Å². The van der Waals surface area contributed by atoms with Crippen molar-refractivity contribution < 1.29 is 23.8 Å². The SMILES string of the molecule is COc1cc(OC)c(N2CC(C(=O)N3CCOC(c4ccccc4)C3)CC2=O)cc1Cl. The maximum absolute atomic E-state index is 13.2. The van der Waals surface area contributed by atoms with Crippen LogP contribution < -0.4 is 14.4 Å². The molecule has 0 aromatic heterocycles. The lowest BCUT2D eigenvalue weighted by atomic mass is 10.0. The third-order valence-corrected chi connectivity index (χ3v) is 6.06. The molecule has 8 heteroatoms. The van der Waals surface area contributed by atoms with Gasteiger partial charge in [-0.3, -0.25) is 9.59 Å². The Morgan fingerprint density at radius 3 is 2.55 bits per heavy atom. The summed E-state index contributed by atoms with van der Waals surface area (Å²) in [6.07, 6.45) is -0.00785. The molecule has 2 unspecified atom stereocenters. The van der Waals surface area contributed by atoms with Gasteiger partial charge in [-0.05, 0) is 11.6 Å². The van der Waals surface area contributed by atoms with Gasteiger partial charge in [0.05, 0.1) is 44.0 Å². The molecule has 0 saturated carbocycles. The summed E-state index contributed by atoms with van der Waals surface area (Å²) in [5.41, 5.74) is 1.58. The van der Waals surface area contributed by atoms with Crippen LogP contribution in [-0.2, 0) is 14.3 Å². The molecule has 164 valence electrons. The van der Waals surface area contributed by atoms with Crippen LogP contribution >= 0.6 is 11.6 Å². The summed E-state index contributed by atoms with van der Waals surface area (Å²) in [6, 6.07) is 13.2. The molecule has 2 aliphatic rings. The quantitative estimate of drug-likeness (QED) is 0.707. The zero-order valence-electron chi connectivity index (χ0n) is 17.5. The summed E-state index contributed by atoms with van der Waals surface area (Å²) in [7, 11) is 3.04. The number of methoxy groups -OCH3 is 2. The van der Waals surface area contributed by atoms with Gasteiger partial charge in [0.25, 0.3) is 0 Å². The molecular weight excluding hydrogens is 420 g/mol. The van der Waals surface area contributed by atoms with Crippen LogP contribution in [0.1, 0.15) is 18.1 Å². The minimum absolute atomic E-state index is 0.0290. The molecule has 2 amide bonds. The van der Waals surface area contributed by atoms with E-state index >= 15 is 0 Å². The van der Waals surface area contributed by atoms with Crippen molar-refractivity contribution in [2.24, 2.45) is 5.92 Å². The number of carbonyl (C=O) groups excluding carboxylic acids is 2. The van der Waals surface area contributed by atoms with Crippen molar-refractivity contribution in [3.8, 4) is 11.5 Å². The average molecular weight is 445 g/mol. The summed E-state index contributed by atoms with van der Waals surface area (Å²) >= 11 is 6.27. The smallest absolute Gasteiger partial charge is 0.228 e. The third-order valence-electron chi connectivity index (χ3n) is 5.77. The van der Waals surface area contributed by atoms with Gasteiger partial charge in [0.1, 0.15) is 17.6 Å². The number of amides is 2. The Kier molecular flexibility index (Phi) is 6.34. The van der Waals surface area contributed by atoms with Crippen molar-refractivity contribution in [2.75, 3.05) is 45.4 Å². The minimum Gasteiger partial charge on any atom is -0.495 e. The Morgan fingerprint density at radius 1 is 1.10 bits per heavy atom. The fourth-order valence-corrected chi connectivity index (χ4v) is 4.37. The summed E-state index contributed by atoms with van der Waals surface area (Å²) in [4.78, 5) is 29.4. The van der Waals surface area contributed by atoms with Crippen molar-refractivity contribution >= 4 is 29.1 Å². The molecular formula is C23H25ClN2O5. The van der Waals surface area contributed by atoms with Gasteiger partial charge in [0.15, 0.2) is 0 Å². The van der Waals surface area contributed by atoms with Gasteiger partial charge in [-0.1, -0.05) is 41.9 Å². The average Bonchev–Trinajstić information content (AvgIpc) is 3.20. The number of anilines is 1. The molecule has 0 aliphatic carbocycles. The summed E-state index contributed by atoms with van der Waals surface area (Å²) in [6.45, 7) is 1.75. The largest absolute Gasteiger partial charge is 0.495 e. The van der Waals surface area contributed by atoms with E-state index in [1.807, 2.05) is 30.3 Å². The number of halogens is 1. The third kappa shape index (κ3) is 4.34. The first-order valence-corrected chi connectivity index (χ1v) is 10.6. The van der Waals surface area contributed by atoms with Crippen LogP contribution in [0.25, 0.3) is 0 Å². The van der Waals surface area contributed by atoms with Gasteiger partial charge in [-0.2, -0.15) is 0 Å². The van der Waals surface area contributed by atoms with Gasteiger partial charge in [0, 0.05) is 25.6 Å². The van der Waals surface area contributed by atoms with E-state index in [4.69, 9.17) is 25.8 Å². The van der Waals surface area contributed by atoms with Crippen molar-refractivity contribution in [3.05, 3.63) is 53.1 Å². The minimum atomic E-state index is -0.424. The van der Waals surface area contributed by atoms with Crippen molar-refractivity contribution in [2.45, 2.75) is 12.5 Å². The molecule has 2 aliphatic heterocycles. The lowest BCUT2D eigenvalue weighted by Gasteiger charge is -2.34. The van der Waals surface area contributed by atoms with E-state index in [9.17, 15) is 9.59 Å². The van der Waals surface area contributed by atoms with Crippen LogP contribution in [0.15, 0.2) is 42.5 Å². The first kappa shape index (κ1) is 21.5. The van der Waals surface area contributed by atoms with E-state index in [2.05, 4.69) is 0 Å². The second-order valence-electron chi connectivity index (χ2n) is 7.62. The van der Waals surface area contributed by atoms with Gasteiger partial charge in [0.2, 0.25) is 11.8 Å². The molecule has 31 heavy (non-hydrogen) atoms. The highest BCUT2D eigenvalue weighted by atomic mass is 35.5. The van der Waals surface area contributed by atoms with E-state index in [0.29, 0.717) is 41.9 Å². The number of nitrogens with zero attached hydrogens (tertiary/aromatic N) is 2. The van der Waals surface area contributed by atoms with Crippen molar-refractivity contribution in [1.29, 1.82) is 0 Å². The maximum Gasteiger partial charge on any atom is 0.228 e. The number of morpholine rings is 1. The number of hydrogen-bond donors (Lipinski definition) is 0. The normalized spacial score (nSPS) is 21.3. The number of benzene rings is 2. The first-order valence-electron chi connectivity index (χ1n) is 10.2. The topological polar surface area (TPSA) is 68.3 Å². The van der Waals surface area contributed by atoms with Gasteiger partial charge >= 0.3 is 0 Å². The summed E-state index contributed by atoms with van der Waals surface area (Å²) in [5.74, 6) is 0.344. The standard InChI is InChI=1S/C23H25ClN2O5/c1-29-19-12-20(30-2)18(11-17(19)24)26-13-16(10-22(26)27)23(28)25-8-9-31-21(14-25)15-6-4-3-5-7-15/h3-7,11-12,16,21H,8-10,13-14H2,1-2H3. The molecule has 4 rings (SSSR count). The number of rotatable bonds is 5. The Balaban J connectivity index is 1.49. The van der Waals surface area contributed by atoms with E-state index in [1.165, 1.54) is 14.2 Å². The predicted octanol–water partition coefficient (Wildman–Crippen LogP) is 3.31. The monoisotopic (exact) mass is 444 g/mol. The zero-order valence-corrected chi connectivity index (χ0v) is 18.3. The Hall–Kier alpha value is -2.77. The second-order valence-corrected chi connectivity index (χ2v) is 8.03. The van der Waals surface area contributed by atoms with Crippen LogP contribution in [-0.4, -0.2) is 57.2 Å². The van der Waals surface area contributed by atoms with Crippen LogP contribution in [0.2, 0.25) is 5.02 Å². The van der Waals surface area contributed by atoms with Crippen molar-refractivity contribution in [3.63, 3.8) is 0 Å². The summed E-state index contributed by atoms with van der Waals surface area (Å²) in [5, 5.41) is 0.375. The molecule has 7 nitrogen and oxygen atoms in total. The predicted molar refractivity (Wildman–Crippen MR) is 117 cm³/mol. The fraction of sp³-hybridized carbons (Fsp3) is 0.391. The number of ether oxygens (including phenoxy) is 3. The van der Waals surface area contributed by atoms with Gasteiger partial charge < -0.3 is 24.0 Å². The fourth-order valence-electron chi connectivity index (χ4n) is 4.14. The van der Waals surface area contributed by atoms with Crippen LogP contribution in [0.3, 0.4) is 0 Å². The highest BCUT2D eigenvalue weighted by Gasteiger charge is 2.39. The lowest BCUT2D eigenvalue weighted by molar-refractivity contribution is -0.143. The van der Waals surface area contributed by atoms with Gasteiger partial charge in [-0.15, -0.1) is 0 Å². The molecule has 2 fully saturated rings. The Morgan fingerprint density at radius 2 is 1.84 bits per heavy atom. The molecule has 0 radical (unpaired) electrons. The Bertz CT molecular complexity index is 968. The van der Waals surface area contributed by atoms with Crippen LogP contribution in [0.4, 0.5) is 5.69 Å². The van der Waals surface area contributed by atoms with E-state index < -0.39 is 5.92 Å². The van der Waals surface area contributed by atoms with E-state index in [0.717, 1.165) is 5.56 Å². The molecule has 2 heterocycles. The maximum atomic E-state index is 13.2. The van der Waals surface area contributed by atoms with Gasteiger partial charge in [-0.25, -0.2) is 0 Å². The molecule has 0 spiro atoms. The number of hydrogen-bond acceptors (Lipinski definition) is 5. The van der Waals surface area contributed by atoms with E-state index in [1.54, 1.807) is 21.9 Å². The first-order chi connectivity index (χ1) is 15.0. The summed E-state index contributed by atoms with van der Waals surface area (Å²) < 4.78 is 16.5. The van der Waals surface area contributed by atoms with Crippen LogP contribution in [0, 0.1) is 5.92 Å². The lowest BCUT2D eigenvalue weighted by Crippen LogP contribution is -2.45. The molecule has 0 N–H and O–H groups in total. The highest BCUT2D eigenvalue weighted by molar-refractivity contribution is 6.32. The molecule has 2 aromatic carbocycles. The molecule has 2 saturated heterocycles.